The third-order valence-corrected chi connectivity index (χ3v) is 2.65. The Labute approximate surface area is 118 Å². The number of rotatable bonds is 11. The van der Waals surface area contributed by atoms with Crippen LogP contribution in [-0.2, 0) is 9.47 Å². The van der Waals surface area contributed by atoms with E-state index in [4.69, 9.17) is 9.47 Å². The number of hydrogen-bond acceptors (Lipinski definition) is 2. The molecule has 0 radical (unpaired) electrons. The van der Waals surface area contributed by atoms with Gasteiger partial charge in [-0.1, -0.05) is 37.3 Å². The standard InChI is InChI=1S/C17H28O2/c1-4-7-8-9-10-11-12-13-14-15-16-17(18-5-2)19-6-3/h4,9-10,17H,1,5-6,11-16H2,2-3H3/b10-9+. The van der Waals surface area contributed by atoms with Crippen LogP contribution in [0.3, 0.4) is 0 Å². The monoisotopic (exact) mass is 264 g/mol. The second-order valence-corrected chi connectivity index (χ2v) is 4.23. The second kappa shape index (κ2) is 15.0. The molecule has 2 heteroatoms. The van der Waals surface area contributed by atoms with Crippen LogP contribution in [0.5, 0.6) is 0 Å². The van der Waals surface area contributed by atoms with E-state index in [1.807, 2.05) is 19.9 Å². The van der Waals surface area contributed by atoms with Crippen molar-refractivity contribution in [3.63, 3.8) is 0 Å². The SMILES string of the molecule is C=CC#C/C=C/CCCCCCC(OCC)OCC. The third kappa shape index (κ3) is 13.2. The molecule has 0 atom stereocenters. The average molecular weight is 264 g/mol. The molecule has 0 amide bonds. The molecule has 0 heterocycles. The highest BCUT2D eigenvalue weighted by Gasteiger charge is 2.06. The van der Waals surface area contributed by atoms with Crippen molar-refractivity contribution in [2.45, 2.75) is 58.7 Å². The van der Waals surface area contributed by atoms with E-state index in [1.165, 1.54) is 25.7 Å². The van der Waals surface area contributed by atoms with Gasteiger partial charge in [0, 0.05) is 13.2 Å². The van der Waals surface area contributed by atoms with E-state index in [2.05, 4.69) is 24.5 Å². The number of unbranched alkanes of at least 4 members (excludes halogenated alkanes) is 4. The summed E-state index contributed by atoms with van der Waals surface area (Å²) in [5, 5.41) is 0. The fourth-order valence-corrected chi connectivity index (χ4v) is 1.76. The van der Waals surface area contributed by atoms with Crippen LogP contribution in [0, 0.1) is 11.8 Å². The van der Waals surface area contributed by atoms with Gasteiger partial charge in [-0.3, -0.25) is 0 Å². The summed E-state index contributed by atoms with van der Waals surface area (Å²) in [7, 11) is 0. The number of hydrogen-bond donors (Lipinski definition) is 0. The zero-order chi connectivity index (χ0) is 14.2. The lowest BCUT2D eigenvalue weighted by Crippen LogP contribution is -2.17. The Hall–Kier alpha value is -1.04. The Balaban J connectivity index is 3.42. The summed E-state index contributed by atoms with van der Waals surface area (Å²) in [5.41, 5.74) is 0. The van der Waals surface area contributed by atoms with Crippen LogP contribution in [0.25, 0.3) is 0 Å². The molecule has 2 nitrogen and oxygen atoms in total. The Bertz CT molecular complexity index is 277. The normalized spacial score (nSPS) is 10.7. The molecule has 0 aliphatic rings. The molecule has 0 saturated heterocycles. The molecule has 0 aromatic carbocycles. The van der Waals surface area contributed by atoms with Crippen molar-refractivity contribution in [1.29, 1.82) is 0 Å². The molecule has 0 aliphatic heterocycles. The molecule has 0 spiro atoms. The van der Waals surface area contributed by atoms with Crippen LogP contribution in [-0.4, -0.2) is 19.5 Å². The summed E-state index contributed by atoms with van der Waals surface area (Å²) in [6, 6.07) is 0. The van der Waals surface area contributed by atoms with E-state index in [0.29, 0.717) is 0 Å². The topological polar surface area (TPSA) is 18.5 Å². The Morgan fingerprint density at radius 2 is 1.68 bits per heavy atom. The first-order valence-electron chi connectivity index (χ1n) is 7.35. The molecule has 0 rings (SSSR count). The van der Waals surface area contributed by atoms with Crippen molar-refractivity contribution in [2.75, 3.05) is 13.2 Å². The lowest BCUT2D eigenvalue weighted by Gasteiger charge is -2.16. The van der Waals surface area contributed by atoms with Gasteiger partial charge in [-0.15, -0.1) is 0 Å². The largest absolute Gasteiger partial charge is 0.353 e. The highest BCUT2D eigenvalue weighted by Crippen LogP contribution is 2.10. The van der Waals surface area contributed by atoms with Gasteiger partial charge >= 0.3 is 0 Å². The minimum atomic E-state index is -0.0101. The van der Waals surface area contributed by atoms with Gasteiger partial charge in [0.15, 0.2) is 6.29 Å². The van der Waals surface area contributed by atoms with Gasteiger partial charge in [-0.05, 0) is 51.7 Å². The zero-order valence-corrected chi connectivity index (χ0v) is 12.5. The van der Waals surface area contributed by atoms with Crippen LogP contribution >= 0.6 is 0 Å². The van der Waals surface area contributed by atoms with Crippen molar-refractivity contribution < 1.29 is 9.47 Å². The van der Waals surface area contributed by atoms with Crippen LogP contribution in [0.4, 0.5) is 0 Å². The van der Waals surface area contributed by atoms with E-state index in [9.17, 15) is 0 Å². The van der Waals surface area contributed by atoms with Gasteiger partial charge in [0.1, 0.15) is 0 Å². The fourth-order valence-electron chi connectivity index (χ4n) is 1.76. The summed E-state index contributed by atoms with van der Waals surface area (Å²) < 4.78 is 11.0. The second-order valence-electron chi connectivity index (χ2n) is 4.23. The van der Waals surface area contributed by atoms with Gasteiger partial charge in [-0.25, -0.2) is 0 Å². The minimum Gasteiger partial charge on any atom is -0.353 e. The van der Waals surface area contributed by atoms with E-state index in [1.54, 1.807) is 6.08 Å². The summed E-state index contributed by atoms with van der Waals surface area (Å²) in [5.74, 6) is 5.69. The van der Waals surface area contributed by atoms with Crippen molar-refractivity contribution in [3.8, 4) is 11.8 Å². The summed E-state index contributed by atoms with van der Waals surface area (Å²) in [6.45, 7) is 9.00. The summed E-state index contributed by atoms with van der Waals surface area (Å²) in [4.78, 5) is 0. The van der Waals surface area contributed by atoms with Crippen molar-refractivity contribution in [3.05, 3.63) is 24.8 Å². The Morgan fingerprint density at radius 1 is 1.00 bits per heavy atom. The minimum absolute atomic E-state index is 0.0101. The van der Waals surface area contributed by atoms with Crippen LogP contribution in [0.1, 0.15) is 52.4 Å². The van der Waals surface area contributed by atoms with Crippen molar-refractivity contribution in [2.24, 2.45) is 0 Å². The summed E-state index contributed by atoms with van der Waals surface area (Å²) in [6.07, 6.45) is 12.6. The first-order chi connectivity index (χ1) is 9.35. The van der Waals surface area contributed by atoms with Gasteiger partial charge in [0.05, 0.1) is 0 Å². The molecule has 0 unspecified atom stereocenters. The molecule has 0 aromatic rings. The van der Waals surface area contributed by atoms with Crippen LogP contribution < -0.4 is 0 Å². The van der Waals surface area contributed by atoms with Gasteiger partial charge in [0.2, 0.25) is 0 Å². The lowest BCUT2D eigenvalue weighted by molar-refractivity contribution is -0.140. The smallest absolute Gasteiger partial charge is 0.157 e. The van der Waals surface area contributed by atoms with Gasteiger partial charge in [-0.2, -0.15) is 0 Å². The predicted octanol–water partition coefficient (Wildman–Crippen LogP) is 4.47. The number of allylic oxidation sites excluding steroid dienone is 3. The third-order valence-electron chi connectivity index (χ3n) is 2.65. The molecule has 0 saturated carbocycles. The summed E-state index contributed by atoms with van der Waals surface area (Å²) >= 11 is 0. The Morgan fingerprint density at radius 3 is 2.32 bits per heavy atom. The zero-order valence-electron chi connectivity index (χ0n) is 12.5. The molecule has 0 N–H and O–H groups in total. The van der Waals surface area contributed by atoms with Crippen LogP contribution in [0.15, 0.2) is 24.8 Å². The van der Waals surface area contributed by atoms with E-state index < -0.39 is 0 Å². The molecule has 0 bridgehead atoms. The molecule has 108 valence electrons. The van der Waals surface area contributed by atoms with Crippen LogP contribution in [0.2, 0.25) is 0 Å². The molecule has 0 aliphatic carbocycles. The first-order valence-corrected chi connectivity index (χ1v) is 7.35. The number of ether oxygens (including phenoxy) is 2. The van der Waals surface area contributed by atoms with Gasteiger partial charge in [0.25, 0.3) is 0 Å². The molecule has 0 aromatic heterocycles. The van der Waals surface area contributed by atoms with E-state index in [0.717, 1.165) is 26.1 Å². The predicted molar refractivity (Wildman–Crippen MR) is 81.9 cm³/mol. The average Bonchev–Trinajstić information content (AvgIpc) is 2.41. The lowest BCUT2D eigenvalue weighted by atomic mass is 10.1. The maximum Gasteiger partial charge on any atom is 0.157 e. The van der Waals surface area contributed by atoms with E-state index in [-0.39, 0.29) is 6.29 Å². The maximum absolute atomic E-state index is 5.51. The molecular formula is C17H28O2. The van der Waals surface area contributed by atoms with E-state index >= 15 is 0 Å². The molecular weight excluding hydrogens is 236 g/mol. The molecule has 19 heavy (non-hydrogen) atoms. The Kier molecular flexibility index (Phi) is 14.2. The van der Waals surface area contributed by atoms with Gasteiger partial charge < -0.3 is 9.47 Å². The van der Waals surface area contributed by atoms with Crippen molar-refractivity contribution in [1.82, 2.24) is 0 Å². The first kappa shape index (κ1) is 18.0. The highest BCUT2D eigenvalue weighted by atomic mass is 16.7. The molecule has 0 fully saturated rings. The highest BCUT2D eigenvalue weighted by molar-refractivity contribution is 5.21. The fraction of sp³-hybridized carbons (Fsp3) is 0.647. The maximum atomic E-state index is 5.51. The van der Waals surface area contributed by atoms with Crippen molar-refractivity contribution >= 4 is 0 Å². The quantitative estimate of drug-likeness (QED) is 0.311.